The molecule has 2 rings (SSSR count). The summed E-state index contributed by atoms with van der Waals surface area (Å²) in [7, 11) is 0. The predicted octanol–water partition coefficient (Wildman–Crippen LogP) is 2.87. The largest absolute Gasteiger partial charge is 0.207 e. The predicted molar refractivity (Wildman–Crippen MR) is 61.8 cm³/mol. The van der Waals surface area contributed by atoms with Crippen LogP contribution in [-0.4, -0.2) is 10.2 Å². The second kappa shape index (κ2) is 4.31. The van der Waals surface area contributed by atoms with Gasteiger partial charge in [0.2, 0.25) is 0 Å². The standard InChI is InChI=1S/C9H6FIN2S/c10-7-4-2-1-3-6(7)5-8-12-13-9(11)14-8/h1-4H,5H2. The van der Waals surface area contributed by atoms with Crippen LogP contribution >= 0.6 is 33.9 Å². The zero-order valence-corrected chi connectivity index (χ0v) is 10.0. The number of hydrogen-bond acceptors (Lipinski definition) is 3. The van der Waals surface area contributed by atoms with E-state index in [4.69, 9.17) is 0 Å². The summed E-state index contributed by atoms with van der Waals surface area (Å²) in [6.45, 7) is 0. The quantitative estimate of drug-likeness (QED) is 0.795. The first-order chi connectivity index (χ1) is 6.75. The maximum absolute atomic E-state index is 13.2. The first-order valence-corrected chi connectivity index (χ1v) is 5.86. The summed E-state index contributed by atoms with van der Waals surface area (Å²) in [4.78, 5) is 0. The van der Waals surface area contributed by atoms with Gasteiger partial charge in [-0.2, -0.15) is 0 Å². The van der Waals surface area contributed by atoms with Crippen molar-refractivity contribution in [3.63, 3.8) is 0 Å². The highest BCUT2D eigenvalue weighted by Gasteiger charge is 2.06. The smallest absolute Gasteiger partial charge is 0.178 e. The summed E-state index contributed by atoms with van der Waals surface area (Å²) in [5.74, 6) is -0.183. The van der Waals surface area contributed by atoms with Crippen molar-refractivity contribution < 1.29 is 4.39 Å². The van der Waals surface area contributed by atoms with Crippen LogP contribution in [0.5, 0.6) is 0 Å². The van der Waals surface area contributed by atoms with E-state index in [1.807, 2.05) is 6.07 Å². The second-order valence-electron chi connectivity index (χ2n) is 2.72. The third-order valence-electron chi connectivity index (χ3n) is 1.74. The molecule has 0 aliphatic rings. The van der Waals surface area contributed by atoms with Gasteiger partial charge in [-0.3, -0.25) is 0 Å². The van der Waals surface area contributed by atoms with E-state index < -0.39 is 0 Å². The van der Waals surface area contributed by atoms with Crippen LogP contribution in [0.15, 0.2) is 24.3 Å². The topological polar surface area (TPSA) is 25.8 Å². The highest BCUT2D eigenvalue weighted by molar-refractivity contribution is 14.1. The molecule has 0 N–H and O–H groups in total. The fourth-order valence-corrected chi connectivity index (χ4v) is 2.57. The van der Waals surface area contributed by atoms with Crippen LogP contribution in [0.2, 0.25) is 0 Å². The van der Waals surface area contributed by atoms with Gasteiger partial charge in [0.25, 0.3) is 0 Å². The monoisotopic (exact) mass is 320 g/mol. The Hall–Kier alpha value is -0.560. The fourth-order valence-electron chi connectivity index (χ4n) is 1.11. The van der Waals surface area contributed by atoms with Crippen molar-refractivity contribution in [3.8, 4) is 0 Å². The molecule has 1 aromatic carbocycles. The molecular weight excluding hydrogens is 314 g/mol. The zero-order chi connectivity index (χ0) is 9.97. The van der Waals surface area contributed by atoms with E-state index in [0.717, 1.165) is 8.02 Å². The summed E-state index contributed by atoms with van der Waals surface area (Å²) in [5.41, 5.74) is 0.667. The van der Waals surface area contributed by atoms with E-state index in [9.17, 15) is 4.39 Å². The van der Waals surface area contributed by atoms with Gasteiger partial charge in [-0.15, -0.1) is 10.2 Å². The Kier molecular flexibility index (Phi) is 3.07. The van der Waals surface area contributed by atoms with Gasteiger partial charge >= 0.3 is 0 Å². The molecule has 0 saturated carbocycles. The van der Waals surface area contributed by atoms with Crippen LogP contribution in [0.25, 0.3) is 0 Å². The molecule has 0 unspecified atom stereocenters. The van der Waals surface area contributed by atoms with Gasteiger partial charge in [0.1, 0.15) is 10.8 Å². The summed E-state index contributed by atoms with van der Waals surface area (Å²) >= 11 is 3.59. The van der Waals surface area contributed by atoms with E-state index in [1.54, 1.807) is 12.1 Å². The van der Waals surface area contributed by atoms with Crippen LogP contribution < -0.4 is 0 Å². The molecule has 0 amide bonds. The molecule has 0 spiro atoms. The van der Waals surface area contributed by atoms with Gasteiger partial charge in [0.05, 0.1) is 0 Å². The lowest BCUT2D eigenvalue weighted by atomic mass is 10.1. The Bertz CT molecular complexity index is 444. The zero-order valence-electron chi connectivity index (χ0n) is 7.08. The maximum Gasteiger partial charge on any atom is 0.178 e. The van der Waals surface area contributed by atoms with Crippen molar-refractivity contribution in [2.75, 3.05) is 0 Å². The lowest BCUT2D eigenvalue weighted by molar-refractivity contribution is 0.613. The SMILES string of the molecule is Fc1ccccc1Cc1nnc(I)s1. The highest BCUT2D eigenvalue weighted by atomic mass is 127. The van der Waals surface area contributed by atoms with Crippen LogP contribution in [0, 0.1) is 8.83 Å². The lowest BCUT2D eigenvalue weighted by Gasteiger charge is -1.97. The summed E-state index contributed by atoms with van der Waals surface area (Å²) in [6, 6.07) is 6.73. The molecule has 2 nitrogen and oxygen atoms in total. The van der Waals surface area contributed by atoms with Crippen molar-refractivity contribution in [3.05, 3.63) is 43.7 Å². The number of halogens is 2. The third-order valence-corrected chi connectivity index (χ3v) is 3.33. The van der Waals surface area contributed by atoms with Gasteiger partial charge in [-0.1, -0.05) is 29.5 Å². The molecule has 5 heteroatoms. The van der Waals surface area contributed by atoms with Crippen LogP contribution in [0.1, 0.15) is 10.6 Å². The molecule has 1 heterocycles. The van der Waals surface area contributed by atoms with E-state index in [1.165, 1.54) is 17.4 Å². The minimum absolute atomic E-state index is 0.183. The summed E-state index contributed by atoms with van der Waals surface area (Å²) < 4.78 is 14.1. The first kappa shape index (κ1) is 9.97. The van der Waals surface area contributed by atoms with E-state index >= 15 is 0 Å². The molecule has 1 aromatic heterocycles. The minimum Gasteiger partial charge on any atom is -0.207 e. The number of nitrogens with zero attached hydrogens (tertiary/aromatic N) is 2. The average molecular weight is 320 g/mol. The molecule has 0 atom stereocenters. The number of hydrogen-bond donors (Lipinski definition) is 0. The van der Waals surface area contributed by atoms with Crippen molar-refractivity contribution >= 4 is 33.9 Å². The van der Waals surface area contributed by atoms with Crippen LogP contribution in [0.3, 0.4) is 0 Å². The minimum atomic E-state index is -0.183. The summed E-state index contributed by atoms with van der Waals surface area (Å²) in [6.07, 6.45) is 0.521. The highest BCUT2D eigenvalue weighted by Crippen LogP contribution is 2.17. The molecule has 2 aromatic rings. The van der Waals surface area contributed by atoms with Gasteiger partial charge in [-0.05, 0) is 34.2 Å². The van der Waals surface area contributed by atoms with E-state index in [2.05, 4.69) is 32.8 Å². The summed E-state index contributed by atoms with van der Waals surface area (Å²) in [5, 5.41) is 8.67. The second-order valence-corrected chi connectivity index (χ2v) is 5.53. The number of benzene rings is 1. The Morgan fingerprint density at radius 2 is 2.07 bits per heavy atom. The third kappa shape index (κ3) is 2.27. The number of rotatable bonds is 2. The van der Waals surface area contributed by atoms with Crippen molar-refractivity contribution in [1.82, 2.24) is 10.2 Å². The Morgan fingerprint density at radius 3 is 2.71 bits per heavy atom. The van der Waals surface area contributed by atoms with E-state index in [-0.39, 0.29) is 5.82 Å². The first-order valence-electron chi connectivity index (χ1n) is 3.97. The molecule has 14 heavy (non-hydrogen) atoms. The van der Waals surface area contributed by atoms with Gasteiger partial charge in [0.15, 0.2) is 3.01 Å². The van der Waals surface area contributed by atoms with Crippen molar-refractivity contribution in [2.24, 2.45) is 0 Å². The van der Waals surface area contributed by atoms with Gasteiger partial charge in [0, 0.05) is 6.42 Å². The van der Waals surface area contributed by atoms with Crippen LogP contribution in [0.4, 0.5) is 4.39 Å². The Labute approximate surface area is 98.3 Å². The van der Waals surface area contributed by atoms with Gasteiger partial charge in [-0.25, -0.2) is 4.39 Å². The van der Waals surface area contributed by atoms with Crippen molar-refractivity contribution in [2.45, 2.75) is 6.42 Å². The molecular formula is C9H6FIN2S. The molecule has 0 bridgehead atoms. The molecule has 0 aliphatic carbocycles. The Morgan fingerprint density at radius 1 is 1.29 bits per heavy atom. The number of aromatic nitrogens is 2. The molecule has 0 radical (unpaired) electrons. The van der Waals surface area contributed by atoms with Gasteiger partial charge < -0.3 is 0 Å². The molecule has 72 valence electrons. The molecule has 0 fully saturated rings. The molecule has 0 saturated heterocycles. The van der Waals surface area contributed by atoms with E-state index in [0.29, 0.717) is 12.0 Å². The normalized spacial score (nSPS) is 10.4. The fraction of sp³-hybridized carbons (Fsp3) is 0.111. The molecule has 0 aliphatic heterocycles. The lowest BCUT2D eigenvalue weighted by Crippen LogP contribution is -1.91. The average Bonchev–Trinajstić information content (AvgIpc) is 2.56. The Balaban J connectivity index is 2.23. The van der Waals surface area contributed by atoms with Crippen LogP contribution in [-0.2, 0) is 6.42 Å². The van der Waals surface area contributed by atoms with Crippen molar-refractivity contribution in [1.29, 1.82) is 0 Å². The maximum atomic E-state index is 13.2.